The molecule has 0 amide bonds. The Morgan fingerprint density at radius 2 is 2.00 bits per heavy atom. The van der Waals surface area contributed by atoms with E-state index in [-0.39, 0.29) is 12.5 Å². The zero-order valence-corrected chi connectivity index (χ0v) is 9.50. The molecule has 0 aromatic heterocycles. The maximum atomic E-state index is 11.0. The zero-order valence-electron chi connectivity index (χ0n) is 8.68. The second-order valence-corrected chi connectivity index (χ2v) is 5.49. The Bertz CT molecular complexity index is 320. The van der Waals surface area contributed by atoms with Gasteiger partial charge in [-0.05, 0) is 12.8 Å². The topological polar surface area (TPSA) is 89.7 Å². The fourth-order valence-electron chi connectivity index (χ4n) is 1.64. The quantitative estimate of drug-likeness (QED) is 0.629. The summed E-state index contributed by atoms with van der Waals surface area (Å²) in [4.78, 5) is 12.8. The van der Waals surface area contributed by atoms with Crippen molar-refractivity contribution in [1.82, 2.24) is 4.90 Å². The summed E-state index contributed by atoms with van der Waals surface area (Å²) >= 11 is 0. The summed E-state index contributed by atoms with van der Waals surface area (Å²) in [5.41, 5.74) is 0. The van der Waals surface area contributed by atoms with Gasteiger partial charge in [0.1, 0.15) is 0 Å². The molecule has 2 N–H and O–H groups in total. The Morgan fingerprint density at radius 3 is 2.40 bits per heavy atom. The number of hydrogen-bond acceptors (Lipinski definition) is 5. The molecule has 0 aromatic rings. The minimum absolute atomic E-state index is 0.216. The molecule has 15 heavy (non-hydrogen) atoms. The lowest BCUT2D eigenvalue weighted by atomic mass is 10.1. The van der Waals surface area contributed by atoms with E-state index in [1.54, 1.807) is 0 Å². The fourth-order valence-corrected chi connectivity index (χ4v) is 2.51. The van der Waals surface area contributed by atoms with Crippen LogP contribution in [0.3, 0.4) is 0 Å². The Kier molecular flexibility index (Phi) is 4.06. The number of nitrogens with zero attached hydrogens (tertiary/aromatic N) is 1. The number of ether oxygens (including phenoxy) is 1. The van der Waals surface area contributed by atoms with Crippen LogP contribution >= 0.6 is 0 Å². The zero-order chi connectivity index (χ0) is 11.5. The summed E-state index contributed by atoms with van der Waals surface area (Å²) in [7, 11) is -2.09. The average molecular weight is 236 g/mol. The van der Waals surface area contributed by atoms with Gasteiger partial charge in [0.25, 0.3) is 0 Å². The third-order valence-corrected chi connectivity index (χ3v) is 3.98. The molecule has 6 nitrogen and oxygen atoms in total. The Morgan fingerprint density at radius 1 is 1.47 bits per heavy atom. The predicted molar refractivity (Wildman–Crippen MR) is 54.6 cm³/mol. The van der Waals surface area contributed by atoms with E-state index in [0.29, 0.717) is 25.9 Å². The molecule has 0 atom stereocenters. The van der Waals surface area contributed by atoms with Gasteiger partial charge in [-0.1, -0.05) is 0 Å². The number of carbonyl (C=O) groups is 1. The Hall–Kier alpha value is -0.660. The normalized spacial score (nSPS) is 20.1. The van der Waals surface area contributed by atoms with Crippen LogP contribution in [0.1, 0.15) is 12.8 Å². The van der Waals surface area contributed by atoms with Gasteiger partial charge in [-0.3, -0.25) is 9.69 Å². The van der Waals surface area contributed by atoms with Crippen LogP contribution in [-0.4, -0.2) is 51.3 Å². The molecule has 1 heterocycles. The van der Waals surface area contributed by atoms with Crippen LogP contribution in [0.4, 0.5) is 0 Å². The summed E-state index contributed by atoms with van der Waals surface area (Å²) in [6.45, 7) is 1.35. The number of hydrogen-bond donors (Lipinski definition) is 1. The third-order valence-electron chi connectivity index (χ3n) is 2.58. The van der Waals surface area contributed by atoms with Crippen molar-refractivity contribution in [3.8, 4) is 0 Å². The van der Waals surface area contributed by atoms with Crippen molar-refractivity contribution >= 4 is 16.0 Å². The van der Waals surface area contributed by atoms with Crippen LogP contribution in [0.2, 0.25) is 0 Å². The van der Waals surface area contributed by atoms with Crippen molar-refractivity contribution in [2.45, 2.75) is 18.1 Å². The van der Waals surface area contributed by atoms with Gasteiger partial charge in [0.05, 0.1) is 18.9 Å². The maximum Gasteiger partial charge on any atom is 0.319 e. The molecule has 0 saturated carbocycles. The number of nitrogens with two attached hydrogens (primary N) is 1. The number of likely N-dealkylation sites (tertiary alicyclic amines) is 1. The van der Waals surface area contributed by atoms with Gasteiger partial charge in [-0.25, -0.2) is 13.6 Å². The van der Waals surface area contributed by atoms with E-state index >= 15 is 0 Å². The van der Waals surface area contributed by atoms with E-state index in [2.05, 4.69) is 4.74 Å². The number of rotatable bonds is 3. The summed E-state index contributed by atoms with van der Waals surface area (Å²) in [5.74, 6) is -0.302. The first kappa shape index (κ1) is 12.4. The van der Waals surface area contributed by atoms with Crippen LogP contribution in [-0.2, 0) is 19.6 Å². The highest BCUT2D eigenvalue weighted by atomic mass is 32.2. The maximum absolute atomic E-state index is 11.0. The van der Waals surface area contributed by atoms with Crippen LogP contribution in [0.15, 0.2) is 0 Å². The van der Waals surface area contributed by atoms with Gasteiger partial charge >= 0.3 is 5.97 Å². The van der Waals surface area contributed by atoms with Crippen molar-refractivity contribution in [2.24, 2.45) is 5.14 Å². The van der Waals surface area contributed by atoms with Crippen LogP contribution in [0, 0.1) is 0 Å². The van der Waals surface area contributed by atoms with Crippen LogP contribution < -0.4 is 5.14 Å². The summed E-state index contributed by atoms with van der Waals surface area (Å²) < 4.78 is 26.6. The van der Waals surface area contributed by atoms with E-state index in [0.717, 1.165) is 0 Å². The SMILES string of the molecule is COC(=O)CN1CCC(S(N)(=O)=O)CC1. The molecule has 0 aromatic carbocycles. The van der Waals surface area contributed by atoms with E-state index < -0.39 is 15.3 Å². The van der Waals surface area contributed by atoms with Gasteiger partial charge in [-0.2, -0.15) is 0 Å². The number of esters is 1. The van der Waals surface area contributed by atoms with Crippen molar-refractivity contribution in [3.05, 3.63) is 0 Å². The van der Waals surface area contributed by atoms with Gasteiger partial charge in [0.2, 0.25) is 10.0 Å². The first-order valence-corrected chi connectivity index (χ1v) is 6.35. The second-order valence-electron chi connectivity index (χ2n) is 3.64. The predicted octanol–water partition coefficient (Wildman–Crippen LogP) is -1.09. The van der Waals surface area contributed by atoms with E-state index in [9.17, 15) is 13.2 Å². The average Bonchev–Trinajstić information content (AvgIpc) is 2.17. The molecule has 0 spiro atoms. The summed E-state index contributed by atoms with van der Waals surface area (Å²) in [5, 5.41) is 4.58. The largest absolute Gasteiger partial charge is 0.468 e. The van der Waals surface area contributed by atoms with E-state index in [1.165, 1.54) is 7.11 Å². The van der Waals surface area contributed by atoms with Gasteiger partial charge in [0, 0.05) is 13.1 Å². The molecule has 1 aliphatic rings. The highest BCUT2D eigenvalue weighted by molar-refractivity contribution is 7.89. The minimum Gasteiger partial charge on any atom is -0.468 e. The lowest BCUT2D eigenvalue weighted by Crippen LogP contribution is -2.43. The molecule has 0 radical (unpaired) electrons. The minimum atomic E-state index is -3.43. The molecule has 0 unspecified atom stereocenters. The fraction of sp³-hybridized carbons (Fsp3) is 0.875. The van der Waals surface area contributed by atoms with Crippen molar-refractivity contribution in [1.29, 1.82) is 0 Å². The standard InChI is InChI=1S/C8H16N2O4S/c1-14-8(11)6-10-4-2-7(3-5-10)15(9,12)13/h7H,2-6H2,1H3,(H2,9,12,13). The van der Waals surface area contributed by atoms with Crippen molar-refractivity contribution in [3.63, 3.8) is 0 Å². The number of piperidine rings is 1. The highest BCUT2D eigenvalue weighted by Gasteiger charge is 2.27. The Labute approximate surface area is 89.4 Å². The molecule has 1 aliphatic heterocycles. The van der Waals surface area contributed by atoms with Gasteiger partial charge in [0.15, 0.2) is 0 Å². The smallest absolute Gasteiger partial charge is 0.319 e. The molecular weight excluding hydrogens is 220 g/mol. The van der Waals surface area contributed by atoms with E-state index in [4.69, 9.17) is 5.14 Å². The number of primary sulfonamides is 1. The van der Waals surface area contributed by atoms with Crippen molar-refractivity contribution < 1.29 is 17.9 Å². The molecule has 1 rings (SSSR count). The molecule has 1 fully saturated rings. The Balaban J connectivity index is 2.40. The lowest BCUT2D eigenvalue weighted by Gasteiger charge is -2.29. The molecule has 1 saturated heterocycles. The molecule has 0 bridgehead atoms. The molecular formula is C8H16N2O4S. The number of carbonyl (C=O) groups excluding carboxylic acids is 1. The summed E-state index contributed by atoms with van der Waals surface area (Å²) in [6, 6.07) is 0. The van der Waals surface area contributed by atoms with Crippen LogP contribution in [0.25, 0.3) is 0 Å². The van der Waals surface area contributed by atoms with E-state index in [1.807, 2.05) is 4.90 Å². The third kappa shape index (κ3) is 3.77. The number of methoxy groups -OCH3 is 1. The van der Waals surface area contributed by atoms with Crippen molar-refractivity contribution in [2.75, 3.05) is 26.7 Å². The highest BCUT2D eigenvalue weighted by Crippen LogP contribution is 2.15. The molecule has 0 aliphatic carbocycles. The van der Waals surface area contributed by atoms with Gasteiger partial charge < -0.3 is 4.74 Å². The first-order valence-electron chi connectivity index (χ1n) is 4.74. The lowest BCUT2D eigenvalue weighted by molar-refractivity contribution is -0.142. The first-order chi connectivity index (χ1) is 6.93. The van der Waals surface area contributed by atoms with Crippen LogP contribution in [0.5, 0.6) is 0 Å². The number of sulfonamides is 1. The van der Waals surface area contributed by atoms with Gasteiger partial charge in [-0.15, -0.1) is 0 Å². The second kappa shape index (κ2) is 4.91. The summed E-state index contributed by atoms with van der Waals surface area (Å²) in [6.07, 6.45) is 0.964. The molecule has 7 heteroatoms. The molecule has 88 valence electrons. The monoisotopic (exact) mass is 236 g/mol.